The lowest BCUT2D eigenvalue weighted by Gasteiger charge is -2.13. The van der Waals surface area contributed by atoms with Crippen molar-refractivity contribution in [2.75, 3.05) is 0 Å². The number of phenols is 2. The molecule has 1 aromatic carbocycles. The van der Waals surface area contributed by atoms with Crippen LogP contribution in [0.4, 0.5) is 13.2 Å². The molecule has 0 aliphatic carbocycles. The number of alkyl halides is 3. The van der Waals surface area contributed by atoms with E-state index < -0.39 is 23.3 Å². The molecule has 18 heavy (non-hydrogen) atoms. The molecule has 0 fully saturated rings. The second kappa shape index (κ2) is 4.88. The van der Waals surface area contributed by atoms with E-state index in [1.165, 1.54) is 6.92 Å². The van der Waals surface area contributed by atoms with E-state index in [0.717, 1.165) is 6.07 Å². The fourth-order valence-corrected chi connectivity index (χ4v) is 1.65. The highest BCUT2D eigenvalue weighted by Crippen LogP contribution is 2.36. The average Bonchev–Trinajstić information content (AvgIpc) is 2.28. The minimum atomic E-state index is -5.05. The van der Waals surface area contributed by atoms with Crippen molar-refractivity contribution in [2.24, 2.45) is 0 Å². The lowest BCUT2D eigenvalue weighted by molar-refractivity contribution is -0.0886. The number of phenolic OH excluding ortho intramolecular Hbond substituents is 2. The molecular formula is C12H13F3O3. The number of ketones is 1. The SMILES string of the molecule is CCCc1cc(C(=O)C(F)(F)F)c(O)c(C)c1O. The lowest BCUT2D eigenvalue weighted by atomic mass is 9.97. The van der Waals surface area contributed by atoms with Crippen LogP contribution in [0.25, 0.3) is 0 Å². The Morgan fingerprint density at radius 2 is 1.83 bits per heavy atom. The zero-order chi connectivity index (χ0) is 14.1. The van der Waals surface area contributed by atoms with Crippen LogP contribution >= 0.6 is 0 Å². The smallest absolute Gasteiger partial charge is 0.455 e. The molecule has 2 N–H and O–H groups in total. The van der Waals surface area contributed by atoms with Gasteiger partial charge in [0.15, 0.2) is 0 Å². The predicted molar refractivity (Wildman–Crippen MR) is 58.9 cm³/mol. The van der Waals surface area contributed by atoms with E-state index in [4.69, 9.17) is 0 Å². The Labute approximate surface area is 102 Å². The zero-order valence-electron chi connectivity index (χ0n) is 9.93. The molecule has 0 unspecified atom stereocenters. The van der Waals surface area contributed by atoms with E-state index in [0.29, 0.717) is 12.8 Å². The third-order valence-corrected chi connectivity index (χ3v) is 2.61. The fraction of sp³-hybridized carbons (Fsp3) is 0.417. The van der Waals surface area contributed by atoms with Crippen molar-refractivity contribution < 1.29 is 28.2 Å². The maximum absolute atomic E-state index is 12.3. The summed E-state index contributed by atoms with van der Waals surface area (Å²) < 4.78 is 37.0. The number of halogens is 3. The first-order valence-corrected chi connectivity index (χ1v) is 5.36. The Morgan fingerprint density at radius 1 is 1.28 bits per heavy atom. The Bertz CT molecular complexity index is 478. The molecule has 0 radical (unpaired) electrons. The molecule has 0 bridgehead atoms. The van der Waals surface area contributed by atoms with Crippen molar-refractivity contribution in [3.63, 3.8) is 0 Å². The number of rotatable bonds is 3. The van der Waals surface area contributed by atoms with Gasteiger partial charge in [0.05, 0.1) is 5.56 Å². The molecule has 0 heterocycles. The summed E-state index contributed by atoms with van der Waals surface area (Å²) in [5.41, 5.74) is -0.713. The molecule has 0 aromatic heterocycles. The molecule has 6 heteroatoms. The Hall–Kier alpha value is -1.72. The second-order valence-corrected chi connectivity index (χ2v) is 3.98. The molecule has 100 valence electrons. The highest BCUT2D eigenvalue weighted by molar-refractivity contribution is 6.03. The van der Waals surface area contributed by atoms with Crippen LogP contribution in [0.1, 0.15) is 34.8 Å². The van der Waals surface area contributed by atoms with Gasteiger partial charge in [-0.2, -0.15) is 13.2 Å². The molecule has 3 nitrogen and oxygen atoms in total. The highest BCUT2D eigenvalue weighted by atomic mass is 19.4. The molecule has 1 aromatic rings. The van der Waals surface area contributed by atoms with Crippen LogP contribution in [0, 0.1) is 6.92 Å². The van der Waals surface area contributed by atoms with E-state index in [1.54, 1.807) is 6.92 Å². The minimum absolute atomic E-state index is 0.117. The molecule has 0 saturated heterocycles. The van der Waals surface area contributed by atoms with Gasteiger partial charge in [0.2, 0.25) is 0 Å². The van der Waals surface area contributed by atoms with Gasteiger partial charge in [0.25, 0.3) is 5.78 Å². The van der Waals surface area contributed by atoms with Crippen LogP contribution in [-0.4, -0.2) is 22.2 Å². The highest BCUT2D eigenvalue weighted by Gasteiger charge is 2.41. The van der Waals surface area contributed by atoms with Crippen LogP contribution < -0.4 is 0 Å². The Morgan fingerprint density at radius 3 is 2.28 bits per heavy atom. The van der Waals surface area contributed by atoms with Crippen LogP contribution in [0.5, 0.6) is 11.5 Å². The van der Waals surface area contributed by atoms with E-state index in [1.807, 2.05) is 0 Å². The van der Waals surface area contributed by atoms with Gasteiger partial charge in [0.1, 0.15) is 11.5 Å². The van der Waals surface area contributed by atoms with Crippen LogP contribution in [0.15, 0.2) is 6.07 Å². The van der Waals surface area contributed by atoms with E-state index in [-0.39, 0.29) is 16.9 Å². The molecule has 0 aliphatic rings. The first-order valence-electron chi connectivity index (χ1n) is 5.36. The van der Waals surface area contributed by atoms with E-state index >= 15 is 0 Å². The first kappa shape index (κ1) is 14.3. The molecule has 0 atom stereocenters. The molecule has 0 saturated carbocycles. The lowest BCUT2D eigenvalue weighted by Crippen LogP contribution is -2.23. The maximum Gasteiger partial charge on any atom is 0.455 e. The molecular weight excluding hydrogens is 249 g/mol. The maximum atomic E-state index is 12.3. The summed E-state index contributed by atoms with van der Waals surface area (Å²) in [7, 11) is 0. The first-order chi connectivity index (χ1) is 8.20. The van der Waals surface area contributed by atoms with Crippen molar-refractivity contribution in [3.8, 4) is 11.5 Å². The number of hydrogen-bond donors (Lipinski definition) is 2. The predicted octanol–water partition coefficient (Wildman–Crippen LogP) is 3.10. The molecule has 0 amide bonds. The summed E-state index contributed by atoms with van der Waals surface area (Å²) in [6.07, 6.45) is -4.13. The summed E-state index contributed by atoms with van der Waals surface area (Å²) in [5, 5.41) is 19.2. The van der Waals surface area contributed by atoms with Gasteiger partial charge in [-0.05, 0) is 25.0 Å². The van der Waals surface area contributed by atoms with Crippen LogP contribution in [-0.2, 0) is 6.42 Å². The molecule has 1 rings (SSSR count). The van der Waals surface area contributed by atoms with Gasteiger partial charge in [0, 0.05) is 5.56 Å². The Kier molecular flexibility index (Phi) is 3.88. The number of aromatic hydroxyl groups is 2. The van der Waals surface area contributed by atoms with E-state index in [9.17, 15) is 28.2 Å². The zero-order valence-corrected chi connectivity index (χ0v) is 9.93. The van der Waals surface area contributed by atoms with E-state index in [2.05, 4.69) is 0 Å². The minimum Gasteiger partial charge on any atom is -0.507 e. The quantitative estimate of drug-likeness (QED) is 0.823. The topological polar surface area (TPSA) is 57.5 Å². The van der Waals surface area contributed by atoms with Crippen molar-refractivity contribution in [1.82, 2.24) is 0 Å². The number of carbonyl (C=O) groups is 1. The van der Waals surface area contributed by atoms with Gasteiger partial charge in [-0.1, -0.05) is 13.3 Å². The summed E-state index contributed by atoms with van der Waals surface area (Å²) in [6, 6.07) is 0.900. The summed E-state index contributed by atoms with van der Waals surface area (Å²) in [6.45, 7) is 3.05. The van der Waals surface area contributed by atoms with Gasteiger partial charge in [-0.25, -0.2) is 0 Å². The largest absolute Gasteiger partial charge is 0.507 e. The van der Waals surface area contributed by atoms with Crippen LogP contribution in [0.3, 0.4) is 0 Å². The summed E-state index contributed by atoms with van der Waals surface area (Å²) in [4.78, 5) is 11.1. The van der Waals surface area contributed by atoms with Crippen LogP contribution in [0.2, 0.25) is 0 Å². The summed E-state index contributed by atoms with van der Waals surface area (Å²) >= 11 is 0. The fourth-order valence-electron chi connectivity index (χ4n) is 1.65. The van der Waals surface area contributed by atoms with Gasteiger partial charge in [-0.3, -0.25) is 4.79 Å². The Balaban J connectivity index is 3.41. The van der Waals surface area contributed by atoms with Gasteiger partial charge < -0.3 is 10.2 Å². The normalized spacial score (nSPS) is 11.6. The number of hydrogen-bond acceptors (Lipinski definition) is 3. The third kappa shape index (κ3) is 2.57. The standard InChI is InChI=1S/C12H13F3O3/c1-3-4-7-5-8(11(18)12(13,14)15)10(17)6(2)9(7)16/h5,16-17H,3-4H2,1-2H3. The number of carbonyl (C=O) groups excluding carboxylic acids is 1. The molecule has 0 spiro atoms. The van der Waals surface area contributed by atoms with Gasteiger partial charge in [-0.15, -0.1) is 0 Å². The number of Topliss-reactive ketones (excluding diaryl/α,β-unsaturated/α-hetero) is 1. The number of aryl methyl sites for hydroxylation is 1. The van der Waals surface area contributed by atoms with Crippen molar-refractivity contribution in [3.05, 3.63) is 22.8 Å². The summed E-state index contributed by atoms with van der Waals surface area (Å²) in [5.74, 6) is -3.21. The monoisotopic (exact) mass is 262 g/mol. The average molecular weight is 262 g/mol. The van der Waals surface area contributed by atoms with Crippen molar-refractivity contribution in [1.29, 1.82) is 0 Å². The second-order valence-electron chi connectivity index (χ2n) is 3.98. The number of benzene rings is 1. The molecule has 0 aliphatic heterocycles. The third-order valence-electron chi connectivity index (χ3n) is 2.61. The van der Waals surface area contributed by atoms with Crippen molar-refractivity contribution >= 4 is 5.78 Å². The van der Waals surface area contributed by atoms with Crippen molar-refractivity contribution in [2.45, 2.75) is 32.9 Å². The van der Waals surface area contributed by atoms with Gasteiger partial charge >= 0.3 is 6.18 Å².